The molecule has 0 radical (unpaired) electrons. The normalized spacial score (nSPS) is 14.9. The van der Waals surface area contributed by atoms with Gasteiger partial charge in [0.1, 0.15) is 12.3 Å². The van der Waals surface area contributed by atoms with Gasteiger partial charge in [-0.3, -0.25) is 24.3 Å². The largest absolute Gasteiger partial charge is 0.479 e. The molecular formula is C23H20N4O4. The zero-order valence-corrected chi connectivity index (χ0v) is 16.7. The molecule has 0 fully saturated rings. The number of ether oxygens (including phenoxy) is 1. The number of carbonyl (C=O) groups excluding carboxylic acids is 3. The van der Waals surface area contributed by atoms with Gasteiger partial charge in [0, 0.05) is 23.8 Å². The van der Waals surface area contributed by atoms with E-state index in [-0.39, 0.29) is 24.3 Å². The van der Waals surface area contributed by atoms with Gasteiger partial charge in [-0.05, 0) is 49.4 Å². The Labute approximate surface area is 178 Å². The van der Waals surface area contributed by atoms with Crippen molar-refractivity contribution >= 4 is 34.8 Å². The second-order valence-electron chi connectivity index (χ2n) is 6.98. The quantitative estimate of drug-likeness (QED) is 0.666. The highest BCUT2D eigenvalue weighted by atomic mass is 16.5. The Morgan fingerprint density at radius 1 is 1.03 bits per heavy atom. The lowest BCUT2D eigenvalue weighted by atomic mass is 10.1. The van der Waals surface area contributed by atoms with Crippen LogP contribution < -0.4 is 20.3 Å². The molecule has 8 nitrogen and oxygen atoms in total. The van der Waals surface area contributed by atoms with Crippen molar-refractivity contribution in [3.63, 3.8) is 0 Å². The maximum absolute atomic E-state index is 12.8. The smallest absolute Gasteiger partial charge is 0.268 e. The summed E-state index contributed by atoms with van der Waals surface area (Å²) in [7, 11) is 0. The van der Waals surface area contributed by atoms with Crippen molar-refractivity contribution in [2.24, 2.45) is 0 Å². The van der Waals surface area contributed by atoms with Gasteiger partial charge in [0.05, 0.1) is 11.3 Å². The van der Waals surface area contributed by atoms with E-state index in [1.807, 2.05) is 18.2 Å². The third-order valence-corrected chi connectivity index (χ3v) is 4.71. The number of rotatable bonds is 5. The van der Waals surface area contributed by atoms with Gasteiger partial charge >= 0.3 is 0 Å². The molecule has 1 aliphatic heterocycles. The van der Waals surface area contributed by atoms with Crippen LogP contribution in [0, 0.1) is 0 Å². The van der Waals surface area contributed by atoms with Crippen LogP contribution in [0.25, 0.3) is 0 Å². The van der Waals surface area contributed by atoms with Gasteiger partial charge in [0.15, 0.2) is 6.10 Å². The molecule has 31 heavy (non-hydrogen) atoms. The molecule has 4 rings (SSSR count). The van der Waals surface area contributed by atoms with Crippen molar-refractivity contribution in [2.45, 2.75) is 13.0 Å². The fourth-order valence-electron chi connectivity index (χ4n) is 3.21. The standard InChI is InChI=1S/C23H20N4O4/c1-15-23(30)27(14-21(28)25-17-7-3-2-4-8-17)19-12-18(9-10-20(19)31-15)26-22(29)16-6-5-11-24-13-16/h2-13,15H,14H2,1H3,(H,25,28)(H,26,29). The maximum atomic E-state index is 12.8. The first-order chi connectivity index (χ1) is 15.0. The van der Waals surface area contributed by atoms with E-state index in [4.69, 9.17) is 4.74 Å². The number of pyridine rings is 1. The monoisotopic (exact) mass is 416 g/mol. The highest BCUT2D eigenvalue weighted by Gasteiger charge is 2.33. The van der Waals surface area contributed by atoms with Gasteiger partial charge in [-0.2, -0.15) is 0 Å². The average Bonchev–Trinajstić information content (AvgIpc) is 2.78. The van der Waals surface area contributed by atoms with Crippen LogP contribution in [-0.4, -0.2) is 35.4 Å². The van der Waals surface area contributed by atoms with Crippen LogP contribution in [0.5, 0.6) is 5.75 Å². The van der Waals surface area contributed by atoms with Crippen LogP contribution in [0.15, 0.2) is 73.1 Å². The molecule has 0 spiro atoms. The van der Waals surface area contributed by atoms with Gasteiger partial charge in [-0.1, -0.05) is 18.2 Å². The van der Waals surface area contributed by atoms with E-state index in [9.17, 15) is 14.4 Å². The number of nitrogens with one attached hydrogen (secondary N) is 2. The summed E-state index contributed by atoms with van der Waals surface area (Å²) in [6.45, 7) is 1.44. The number of benzene rings is 2. The van der Waals surface area contributed by atoms with Crippen LogP contribution in [0.1, 0.15) is 17.3 Å². The van der Waals surface area contributed by atoms with Crippen molar-refractivity contribution in [3.05, 3.63) is 78.6 Å². The second-order valence-corrected chi connectivity index (χ2v) is 6.98. The molecule has 2 aromatic carbocycles. The predicted molar refractivity (Wildman–Crippen MR) is 116 cm³/mol. The average molecular weight is 416 g/mol. The summed E-state index contributed by atoms with van der Waals surface area (Å²) < 4.78 is 5.67. The fourth-order valence-corrected chi connectivity index (χ4v) is 3.21. The Hall–Kier alpha value is -4.20. The summed E-state index contributed by atoms with van der Waals surface area (Å²) in [6, 6.07) is 17.3. The first-order valence-electron chi connectivity index (χ1n) is 9.69. The van der Waals surface area contributed by atoms with E-state index in [0.29, 0.717) is 28.4 Å². The van der Waals surface area contributed by atoms with Crippen LogP contribution in [0.2, 0.25) is 0 Å². The predicted octanol–water partition coefficient (Wildman–Crippen LogP) is 3.09. The lowest BCUT2D eigenvalue weighted by molar-refractivity contribution is -0.127. The molecule has 156 valence electrons. The zero-order valence-electron chi connectivity index (χ0n) is 16.7. The number of anilines is 3. The molecule has 3 amide bonds. The fraction of sp³-hybridized carbons (Fsp3) is 0.130. The van der Waals surface area contributed by atoms with Crippen LogP contribution >= 0.6 is 0 Å². The topological polar surface area (TPSA) is 101 Å². The molecule has 0 saturated carbocycles. The number of carbonyl (C=O) groups is 3. The zero-order chi connectivity index (χ0) is 21.8. The van der Waals surface area contributed by atoms with Crippen LogP contribution in [0.3, 0.4) is 0 Å². The van der Waals surface area contributed by atoms with E-state index in [1.165, 1.54) is 11.1 Å². The highest BCUT2D eigenvalue weighted by Crippen LogP contribution is 2.36. The van der Waals surface area contributed by atoms with Crippen molar-refractivity contribution in [3.8, 4) is 5.75 Å². The Morgan fingerprint density at radius 3 is 2.58 bits per heavy atom. The number of hydrogen-bond acceptors (Lipinski definition) is 5. The van der Waals surface area contributed by atoms with Crippen molar-refractivity contribution in [1.82, 2.24) is 4.98 Å². The summed E-state index contributed by atoms with van der Waals surface area (Å²) in [5, 5.41) is 5.55. The van der Waals surface area contributed by atoms with E-state index >= 15 is 0 Å². The summed E-state index contributed by atoms with van der Waals surface area (Å²) in [5.41, 5.74) is 1.92. The van der Waals surface area contributed by atoms with Gasteiger partial charge in [0.2, 0.25) is 5.91 Å². The van der Waals surface area contributed by atoms with Gasteiger partial charge in [0.25, 0.3) is 11.8 Å². The highest BCUT2D eigenvalue weighted by molar-refractivity contribution is 6.08. The Bertz CT molecular complexity index is 1120. The molecule has 0 saturated heterocycles. The first-order valence-corrected chi connectivity index (χ1v) is 9.69. The molecule has 3 aromatic rings. The molecule has 2 heterocycles. The maximum Gasteiger partial charge on any atom is 0.268 e. The summed E-state index contributed by atoms with van der Waals surface area (Å²) >= 11 is 0. The van der Waals surface area contributed by atoms with E-state index < -0.39 is 6.10 Å². The van der Waals surface area contributed by atoms with Crippen LogP contribution in [-0.2, 0) is 9.59 Å². The minimum atomic E-state index is -0.729. The first kappa shape index (κ1) is 20.1. The molecule has 0 bridgehead atoms. The molecule has 0 aliphatic carbocycles. The molecule has 1 aliphatic rings. The molecule has 1 unspecified atom stereocenters. The van der Waals surface area contributed by atoms with Crippen LogP contribution in [0.4, 0.5) is 17.1 Å². The Morgan fingerprint density at radius 2 is 1.84 bits per heavy atom. The van der Waals surface area contributed by atoms with Crippen molar-refractivity contribution in [1.29, 1.82) is 0 Å². The third kappa shape index (κ3) is 4.53. The van der Waals surface area contributed by atoms with Crippen molar-refractivity contribution < 1.29 is 19.1 Å². The number of amides is 3. The lowest BCUT2D eigenvalue weighted by Gasteiger charge is -2.33. The Balaban J connectivity index is 1.56. The number of nitrogens with zero attached hydrogens (tertiary/aromatic N) is 2. The molecule has 1 atom stereocenters. The Kier molecular flexibility index (Phi) is 5.61. The van der Waals surface area contributed by atoms with E-state index in [2.05, 4.69) is 15.6 Å². The molecular weight excluding hydrogens is 396 g/mol. The summed E-state index contributed by atoms with van der Waals surface area (Å²) in [6.07, 6.45) is 2.31. The van der Waals surface area contributed by atoms with Crippen molar-refractivity contribution in [2.75, 3.05) is 22.1 Å². The summed E-state index contributed by atoms with van der Waals surface area (Å²) in [4.78, 5) is 43.1. The van der Waals surface area contributed by atoms with E-state index in [1.54, 1.807) is 55.6 Å². The number of aromatic nitrogens is 1. The minimum absolute atomic E-state index is 0.186. The van der Waals surface area contributed by atoms with E-state index in [0.717, 1.165) is 0 Å². The van der Waals surface area contributed by atoms with Gasteiger partial charge in [-0.25, -0.2) is 0 Å². The molecule has 2 N–H and O–H groups in total. The summed E-state index contributed by atoms with van der Waals surface area (Å²) in [5.74, 6) is -0.562. The minimum Gasteiger partial charge on any atom is -0.479 e. The second kappa shape index (κ2) is 8.66. The SMILES string of the molecule is CC1Oc2ccc(NC(=O)c3cccnc3)cc2N(CC(=O)Nc2ccccc2)C1=O. The third-order valence-electron chi connectivity index (χ3n) is 4.71. The molecule has 8 heteroatoms. The van der Waals surface area contributed by atoms with Gasteiger partial charge in [-0.15, -0.1) is 0 Å². The van der Waals surface area contributed by atoms with Gasteiger partial charge < -0.3 is 15.4 Å². The number of para-hydroxylation sites is 1. The lowest BCUT2D eigenvalue weighted by Crippen LogP contribution is -2.47. The number of fused-ring (bicyclic) bond motifs is 1. The number of hydrogen-bond donors (Lipinski definition) is 2. The molecule has 1 aromatic heterocycles.